The molecule has 2 aromatic rings. The first-order valence-corrected chi connectivity index (χ1v) is 11.3. The van der Waals surface area contributed by atoms with Crippen LogP contribution in [0.3, 0.4) is 0 Å². The molecular weight excluding hydrogens is 461 g/mol. The standard InChI is InChI=1S/C21H15F3N4O4S/c1-33(31,32)16-7-11(9-25)5-6-14(16)18-17-15(10-26-19(17)29)28(20(30)27-18)13-4-2-3-12(8-13)21(22,23)24/h2-8,18H,10H2,1H3,(H,26,29)(H,27,30). The van der Waals surface area contributed by atoms with Crippen LogP contribution >= 0.6 is 0 Å². The molecule has 0 saturated heterocycles. The molecule has 0 radical (unpaired) electrons. The van der Waals surface area contributed by atoms with Crippen LogP contribution in [0.25, 0.3) is 0 Å². The highest BCUT2D eigenvalue weighted by Crippen LogP contribution is 2.39. The van der Waals surface area contributed by atoms with Gasteiger partial charge in [-0.2, -0.15) is 18.4 Å². The van der Waals surface area contributed by atoms with E-state index < -0.39 is 39.6 Å². The van der Waals surface area contributed by atoms with Crippen LogP contribution in [0, 0.1) is 11.3 Å². The minimum atomic E-state index is -4.64. The fraction of sp³-hybridized carbons (Fsp3) is 0.190. The normalized spacial score (nSPS) is 18.5. The molecule has 33 heavy (non-hydrogen) atoms. The lowest BCUT2D eigenvalue weighted by Crippen LogP contribution is -2.47. The van der Waals surface area contributed by atoms with E-state index >= 15 is 0 Å². The van der Waals surface area contributed by atoms with Crippen LogP contribution in [0.2, 0.25) is 0 Å². The topological polar surface area (TPSA) is 119 Å². The van der Waals surface area contributed by atoms with Crippen LogP contribution in [-0.2, 0) is 20.8 Å². The fourth-order valence-corrected chi connectivity index (χ4v) is 4.81. The predicted molar refractivity (Wildman–Crippen MR) is 109 cm³/mol. The second-order valence-electron chi connectivity index (χ2n) is 7.45. The number of hydrogen-bond donors (Lipinski definition) is 2. The maximum absolute atomic E-state index is 13.2. The highest BCUT2D eigenvalue weighted by atomic mass is 32.2. The molecule has 0 bridgehead atoms. The van der Waals surface area contributed by atoms with E-state index in [-0.39, 0.29) is 39.5 Å². The molecule has 8 nitrogen and oxygen atoms in total. The molecule has 2 heterocycles. The number of nitrogens with one attached hydrogen (secondary N) is 2. The molecular formula is C21H15F3N4O4S. The number of carbonyl (C=O) groups is 2. The van der Waals surface area contributed by atoms with E-state index in [1.807, 2.05) is 6.07 Å². The number of nitriles is 1. The molecule has 0 aromatic heterocycles. The van der Waals surface area contributed by atoms with Gasteiger partial charge in [-0.15, -0.1) is 0 Å². The summed E-state index contributed by atoms with van der Waals surface area (Å²) in [7, 11) is -3.86. The molecule has 3 amide bonds. The van der Waals surface area contributed by atoms with Crippen molar-refractivity contribution in [3.63, 3.8) is 0 Å². The van der Waals surface area contributed by atoms with Gasteiger partial charge in [-0.25, -0.2) is 13.2 Å². The highest BCUT2D eigenvalue weighted by Gasteiger charge is 2.43. The SMILES string of the molecule is CS(=O)(=O)c1cc(C#N)ccc1C1NC(=O)N(c2cccc(C(F)(F)F)c2)C2=C1C(=O)NC2. The van der Waals surface area contributed by atoms with Crippen molar-refractivity contribution in [1.29, 1.82) is 5.26 Å². The molecule has 2 aliphatic rings. The molecule has 2 aliphatic heterocycles. The summed E-state index contributed by atoms with van der Waals surface area (Å²) < 4.78 is 64.3. The summed E-state index contributed by atoms with van der Waals surface area (Å²) in [5.41, 5.74) is -0.831. The quantitative estimate of drug-likeness (QED) is 0.706. The van der Waals surface area contributed by atoms with E-state index in [2.05, 4.69) is 10.6 Å². The van der Waals surface area contributed by atoms with E-state index in [1.165, 1.54) is 18.2 Å². The number of halogens is 3. The minimum Gasteiger partial charge on any atom is -0.347 e. The molecule has 170 valence electrons. The Morgan fingerprint density at radius 1 is 1.15 bits per heavy atom. The Bertz CT molecular complexity index is 1380. The number of sulfone groups is 1. The number of nitrogens with zero attached hydrogens (tertiary/aromatic N) is 2. The van der Waals surface area contributed by atoms with Gasteiger partial charge < -0.3 is 10.6 Å². The molecule has 0 fully saturated rings. The molecule has 12 heteroatoms. The number of benzene rings is 2. The lowest BCUT2D eigenvalue weighted by Gasteiger charge is -2.34. The lowest BCUT2D eigenvalue weighted by molar-refractivity contribution is -0.137. The molecule has 0 saturated carbocycles. The average Bonchev–Trinajstić information content (AvgIpc) is 3.13. The van der Waals surface area contributed by atoms with Crippen LogP contribution in [0.1, 0.15) is 22.7 Å². The van der Waals surface area contributed by atoms with Gasteiger partial charge in [0.05, 0.1) is 51.6 Å². The van der Waals surface area contributed by atoms with E-state index in [1.54, 1.807) is 0 Å². The van der Waals surface area contributed by atoms with Gasteiger partial charge in [0.15, 0.2) is 9.84 Å². The van der Waals surface area contributed by atoms with Crippen molar-refractivity contribution in [2.24, 2.45) is 0 Å². The Kier molecular flexibility index (Phi) is 5.17. The van der Waals surface area contributed by atoms with E-state index in [0.29, 0.717) is 0 Å². The third-order valence-corrected chi connectivity index (χ3v) is 6.44. The first kappa shape index (κ1) is 22.3. The number of anilines is 1. The summed E-state index contributed by atoms with van der Waals surface area (Å²) in [6, 6.07) is 7.72. The summed E-state index contributed by atoms with van der Waals surface area (Å²) in [5, 5.41) is 14.2. The van der Waals surface area contributed by atoms with E-state index in [4.69, 9.17) is 5.26 Å². The van der Waals surface area contributed by atoms with Gasteiger partial charge in [0.2, 0.25) is 0 Å². The number of carbonyl (C=O) groups excluding carboxylic acids is 2. The number of rotatable bonds is 3. The second-order valence-corrected chi connectivity index (χ2v) is 9.43. The summed E-state index contributed by atoms with van der Waals surface area (Å²) in [4.78, 5) is 26.4. The smallest absolute Gasteiger partial charge is 0.347 e. The van der Waals surface area contributed by atoms with Crippen LogP contribution in [-0.4, -0.2) is 33.2 Å². The van der Waals surface area contributed by atoms with Crippen molar-refractivity contribution < 1.29 is 31.2 Å². The number of alkyl halides is 3. The first-order chi connectivity index (χ1) is 15.4. The van der Waals surface area contributed by atoms with Gasteiger partial charge >= 0.3 is 12.2 Å². The van der Waals surface area contributed by atoms with Crippen molar-refractivity contribution >= 4 is 27.5 Å². The van der Waals surface area contributed by atoms with Gasteiger partial charge in [0, 0.05) is 6.26 Å². The van der Waals surface area contributed by atoms with Gasteiger partial charge in [0.25, 0.3) is 5.91 Å². The zero-order chi connectivity index (χ0) is 24.1. The van der Waals surface area contributed by atoms with Crippen LogP contribution in [0.5, 0.6) is 0 Å². The first-order valence-electron chi connectivity index (χ1n) is 9.45. The molecule has 2 N–H and O–H groups in total. The Morgan fingerprint density at radius 2 is 1.88 bits per heavy atom. The molecule has 0 aliphatic carbocycles. The Labute approximate surface area is 186 Å². The maximum Gasteiger partial charge on any atom is 0.416 e. The largest absolute Gasteiger partial charge is 0.416 e. The summed E-state index contributed by atoms with van der Waals surface area (Å²) in [5.74, 6) is -0.601. The van der Waals surface area contributed by atoms with Gasteiger partial charge in [-0.3, -0.25) is 9.69 Å². The van der Waals surface area contributed by atoms with Crippen molar-refractivity contribution in [2.45, 2.75) is 17.1 Å². The molecule has 4 rings (SSSR count). The van der Waals surface area contributed by atoms with Crippen LogP contribution in [0.4, 0.5) is 23.7 Å². The lowest BCUT2D eigenvalue weighted by atomic mass is 9.94. The van der Waals surface area contributed by atoms with Crippen LogP contribution in [0.15, 0.2) is 58.6 Å². The van der Waals surface area contributed by atoms with Gasteiger partial charge in [0.1, 0.15) is 0 Å². The monoisotopic (exact) mass is 476 g/mol. The number of hydrogen-bond acceptors (Lipinski definition) is 5. The third kappa shape index (κ3) is 3.91. The zero-order valence-corrected chi connectivity index (χ0v) is 17.7. The summed E-state index contributed by atoms with van der Waals surface area (Å²) >= 11 is 0. The van der Waals surface area contributed by atoms with E-state index in [9.17, 15) is 31.2 Å². The molecule has 0 spiro atoms. The van der Waals surface area contributed by atoms with Gasteiger partial charge in [-0.1, -0.05) is 12.1 Å². The minimum absolute atomic E-state index is 0.00150. The molecule has 1 unspecified atom stereocenters. The zero-order valence-electron chi connectivity index (χ0n) is 16.9. The van der Waals surface area contributed by atoms with Crippen molar-refractivity contribution in [2.75, 3.05) is 17.7 Å². The Hall–Kier alpha value is -3.85. The van der Waals surface area contributed by atoms with Gasteiger partial charge in [-0.05, 0) is 35.9 Å². The van der Waals surface area contributed by atoms with E-state index in [0.717, 1.165) is 35.4 Å². The summed E-state index contributed by atoms with van der Waals surface area (Å²) in [6.45, 7) is -0.140. The number of amides is 3. The fourth-order valence-electron chi connectivity index (χ4n) is 3.86. The predicted octanol–water partition coefficient (Wildman–Crippen LogP) is 2.64. The third-order valence-electron chi connectivity index (χ3n) is 5.29. The summed E-state index contributed by atoms with van der Waals surface area (Å²) in [6.07, 6.45) is -3.71. The van der Waals surface area contributed by atoms with Crippen molar-refractivity contribution in [1.82, 2.24) is 10.6 Å². The van der Waals surface area contributed by atoms with Crippen molar-refractivity contribution in [3.8, 4) is 6.07 Å². The maximum atomic E-state index is 13.2. The van der Waals surface area contributed by atoms with Crippen molar-refractivity contribution in [3.05, 3.63) is 70.4 Å². The Balaban J connectivity index is 1.89. The number of urea groups is 1. The average molecular weight is 476 g/mol. The Morgan fingerprint density at radius 3 is 2.52 bits per heavy atom. The molecule has 1 atom stereocenters. The second kappa shape index (κ2) is 7.63. The van der Waals surface area contributed by atoms with Crippen LogP contribution < -0.4 is 15.5 Å². The molecule has 2 aromatic carbocycles. The highest BCUT2D eigenvalue weighted by molar-refractivity contribution is 7.90.